The zero-order valence-corrected chi connectivity index (χ0v) is 18.2. The topological polar surface area (TPSA) is 80.6 Å². The van der Waals surface area contributed by atoms with Crippen molar-refractivity contribution in [1.82, 2.24) is 4.90 Å². The van der Waals surface area contributed by atoms with Gasteiger partial charge in [0.15, 0.2) is 5.84 Å². The van der Waals surface area contributed by atoms with Crippen LogP contribution in [0.5, 0.6) is 0 Å². The maximum Gasteiger partial charge on any atom is 0.243 e. The molecule has 0 amide bonds. The summed E-state index contributed by atoms with van der Waals surface area (Å²) >= 11 is 0. The monoisotopic (exact) mass is 440 g/mol. The van der Waals surface area contributed by atoms with E-state index in [4.69, 9.17) is 9.98 Å². The number of aliphatic imine (C=N–C) groups is 6. The summed E-state index contributed by atoms with van der Waals surface area (Å²) in [4.78, 5) is 30.6. The van der Waals surface area contributed by atoms with Gasteiger partial charge in [0.05, 0.1) is 5.69 Å². The van der Waals surface area contributed by atoms with E-state index in [-0.39, 0.29) is 0 Å². The molecule has 7 rings (SSSR count). The molecule has 0 saturated heterocycles. The number of anilines is 3. The fourth-order valence-electron chi connectivity index (χ4n) is 4.82. The molecule has 0 atom stereocenters. The third kappa shape index (κ3) is 2.67. The molecule has 160 valence electrons. The Labute approximate surface area is 196 Å². The number of amidine groups is 1. The molecule has 3 aromatic rings. The predicted molar refractivity (Wildman–Crippen MR) is 140 cm³/mol. The first-order chi connectivity index (χ1) is 16.8. The van der Waals surface area contributed by atoms with Crippen LogP contribution < -0.4 is 15.8 Å². The SMILES string of the molecule is CB1c2ccccc2N(c2ccccc2C2=NC3=NC=NC4=NC=NC(=N2)N43)c2ccccc21. The highest BCUT2D eigenvalue weighted by Gasteiger charge is 2.34. The summed E-state index contributed by atoms with van der Waals surface area (Å²) in [5.41, 5.74) is 6.75. The van der Waals surface area contributed by atoms with Crippen molar-refractivity contribution in [3.8, 4) is 0 Å². The molecule has 0 aliphatic carbocycles. The summed E-state index contributed by atoms with van der Waals surface area (Å²) in [6.07, 6.45) is 2.91. The summed E-state index contributed by atoms with van der Waals surface area (Å²) in [6, 6.07) is 25.3. The first-order valence-electron chi connectivity index (χ1n) is 11.1. The lowest BCUT2D eigenvalue weighted by Crippen LogP contribution is -2.48. The summed E-state index contributed by atoms with van der Waals surface area (Å²) in [6.45, 7) is 2.55. The Morgan fingerprint density at radius 1 is 0.588 bits per heavy atom. The van der Waals surface area contributed by atoms with Gasteiger partial charge in [-0.3, -0.25) is 0 Å². The molecule has 0 spiro atoms. The molecule has 0 saturated carbocycles. The van der Waals surface area contributed by atoms with Crippen molar-refractivity contribution >= 4 is 71.1 Å². The number of nitrogens with zero attached hydrogens (tertiary/aromatic N) is 8. The molecule has 3 aromatic carbocycles. The Kier molecular flexibility index (Phi) is 3.98. The number of rotatable bonds is 2. The van der Waals surface area contributed by atoms with Crippen LogP contribution >= 0.6 is 0 Å². The summed E-state index contributed by atoms with van der Waals surface area (Å²) in [5, 5.41) is 0. The largest absolute Gasteiger partial charge is 0.311 e. The molecule has 0 fully saturated rings. The van der Waals surface area contributed by atoms with Crippen LogP contribution in [0.2, 0.25) is 6.82 Å². The van der Waals surface area contributed by atoms with Crippen molar-refractivity contribution < 1.29 is 0 Å². The van der Waals surface area contributed by atoms with Crippen LogP contribution in [0.4, 0.5) is 17.1 Å². The van der Waals surface area contributed by atoms with E-state index in [1.165, 1.54) is 23.6 Å². The van der Waals surface area contributed by atoms with E-state index in [0.717, 1.165) is 22.6 Å². The second-order valence-electron chi connectivity index (χ2n) is 8.22. The van der Waals surface area contributed by atoms with Crippen molar-refractivity contribution in [2.75, 3.05) is 4.90 Å². The highest BCUT2D eigenvalue weighted by atomic mass is 15.5. The van der Waals surface area contributed by atoms with Gasteiger partial charge in [-0.05, 0) is 24.3 Å². The molecule has 4 aliphatic heterocycles. The molecule has 0 unspecified atom stereocenters. The number of para-hydroxylation sites is 3. The van der Waals surface area contributed by atoms with Gasteiger partial charge in [-0.15, -0.1) is 0 Å². The molecular weight excluding hydrogens is 423 g/mol. The fraction of sp³-hybridized carbons (Fsp3) is 0.0400. The molecule has 0 aromatic heterocycles. The number of fused-ring (bicyclic) bond motifs is 2. The van der Waals surface area contributed by atoms with Gasteiger partial charge in [0.2, 0.25) is 24.6 Å². The average molecular weight is 440 g/mol. The van der Waals surface area contributed by atoms with Gasteiger partial charge in [0.25, 0.3) is 0 Å². The normalized spacial score (nSPS) is 17.3. The number of guanidine groups is 3. The van der Waals surface area contributed by atoms with Crippen LogP contribution in [0.15, 0.2) is 103 Å². The highest BCUT2D eigenvalue weighted by Crippen LogP contribution is 2.38. The molecule has 0 radical (unpaired) electrons. The molecule has 4 aliphatic rings. The first-order valence-corrected chi connectivity index (χ1v) is 11.1. The second kappa shape index (κ2) is 7.18. The van der Waals surface area contributed by atoms with E-state index < -0.39 is 0 Å². The second-order valence-corrected chi connectivity index (χ2v) is 8.22. The van der Waals surface area contributed by atoms with Gasteiger partial charge < -0.3 is 4.90 Å². The van der Waals surface area contributed by atoms with E-state index in [9.17, 15) is 0 Å². The summed E-state index contributed by atoms with van der Waals surface area (Å²) in [7, 11) is 0. The van der Waals surface area contributed by atoms with Gasteiger partial charge >= 0.3 is 0 Å². The molecular formula is C25H17BN8. The Hall–Kier alpha value is -4.66. The highest BCUT2D eigenvalue weighted by molar-refractivity contribution is 6.87. The maximum atomic E-state index is 4.77. The quantitative estimate of drug-likeness (QED) is 0.575. The number of benzene rings is 3. The van der Waals surface area contributed by atoms with Gasteiger partial charge in [-0.25, -0.2) is 24.9 Å². The van der Waals surface area contributed by atoms with Crippen molar-refractivity contribution in [3.05, 3.63) is 78.4 Å². The Morgan fingerprint density at radius 2 is 1.18 bits per heavy atom. The van der Waals surface area contributed by atoms with Gasteiger partial charge in [0.1, 0.15) is 12.7 Å². The van der Waals surface area contributed by atoms with E-state index in [2.05, 4.69) is 86.3 Å². The van der Waals surface area contributed by atoms with E-state index >= 15 is 0 Å². The van der Waals surface area contributed by atoms with Crippen LogP contribution in [-0.2, 0) is 0 Å². The van der Waals surface area contributed by atoms with Crippen LogP contribution in [0.25, 0.3) is 0 Å². The summed E-state index contributed by atoms with van der Waals surface area (Å²) in [5.74, 6) is 1.91. The summed E-state index contributed by atoms with van der Waals surface area (Å²) < 4.78 is 0. The molecule has 34 heavy (non-hydrogen) atoms. The first kappa shape index (κ1) is 18.9. The van der Waals surface area contributed by atoms with Gasteiger partial charge in [-0.2, -0.15) is 9.98 Å². The minimum atomic E-state index is 0.293. The van der Waals surface area contributed by atoms with Gasteiger partial charge in [-0.1, -0.05) is 66.3 Å². The lowest BCUT2D eigenvalue weighted by molar-refractivity contribution is 0.833. The predicted octanol–water partition coefficient (Wildman–Crippen LogP) is 2.92. The standard InChI is InChI=1S/C25H17BN8/c1-26-17-9-3-6-12-20(17)33(21-13-7-4-10-18(21)26)19-11-5-2-8-16(19)22-31-24-29-14-27-23-28-15-30-25(32-22)34(23)24/h2-15H,1H3. The smallest absolute Gasteiger partial charge is 0.243 e. The van der Waals surface area contributed by atoms with E-state index in [1.807, 2.05) is 18.2 Å². The average Bonchev–Trinajstić information content (AvgIpc) is 2.89. The van der Waals surface area contributed by atoms with Crippen LogP contribution in [0, 0.1) is 0 Å². The van der Waals surface area contributed by atoms with Crippen LogP contribution in [-0.4, -0.2) is 48.0 Å². The molecule has 4 heterocycles. The lowest BCUT2D eigenvalue weighted by atomic mass is 9.40. The van der Waals surface area contributed by atoms with Crippen molar-refractivity contribution in [1.29, 1.82) is 0 Å². The van der Waals surface area contributed by atoms with E-state index in [0.29, 0.717) is 30.4 Å². The number of hydrogen-bond acceptors (Lipinski definition) is 8. The van der Waals surface area contributed by atoms with Crippen LogP contribution in [0.3, 0.4) is 0 Å². The molecule has 9 heteroatoms. The Balaban J connectivity index is 1.44. The van der Waals surface area contributed by atoms with Crippen LogP contribution in [0.1, 0.15) is 5.56 Å². The zero-order chi connectivity index (χ0) is 22.6. The fourth-order valence-corrected chi connectivity index (χ4v) is 4.82. The Morgan fingerprint density at radius 3 is 1.91 bits per heavy atom. The van der Waals surface area contributed by atoms with Crippen molar-refractivity contribution in [3.63, 3.8) is 0 Å². The minimum Gasteiger partial charge on any atom is -0.311 e. The maximum absolute atomic E-state index is 4.77. The minimum absolute atomic E-state index is 0.293. The van der Waals surface area contributed by atoms with E-state index in [1.54, 1.807) is 4.90 Å². The van der Waals surface area contributed by atoms with Crippen molar-refractivity contribution in [2.24, 2.45) is 30.0 Å². The molecule has 8 nitrogen and oxygen atoms in total. The number of hydrogen-bond donors (Lipinski definition) is 0. The third-order valence-corrected chi connectivity index (χ3v) is 6.38. The Bertz CT molecular complexity index is 1500. The van der Waals surface area contributed by atoms with Gasteiger partial charge in [0, 0.05) is 16.9 Å². The van der Waals surface area contributed by atoms with Crippen molar-refractivity contribution in [2.45, 2.75) is 6.82 Å². The lowest BCUT2D eigenvalue weighted by Gasteiger charge is -2.37. The third-order valence-electron chi connectivity index (χ3n) is 6.38. The molecule has 0 bridgehead atoms. The molecule has 0 N–H and O–H groups in total. The zero-order valence-electron chi connectivity index (χ0n) is 18.2.